The quantitative estimate of drug-likeness (QED) is 0.274. The summed E-state index contributed by atoms with van der Waals surface area (Å²) in [6.45, 7) is 0.659. The van der Waals surface area contributed by atoms with Crippen molar-refractivity contribution in [1.29, 1.82) is 0 Å². The minimum absolute atomic E-state index is 0.0657. The number of nitrogens with one attached hydrogen (secondary N) is 3. The third-order valence-electron chi connectivity index (χ3n) is 6.49. The molecule has 1 atom stereocenters. The van der Waals surface area contributed by atoms with Crippen molar-refractivity contribution in [3.8, 4) is 11.4 Å². The maximum atomic E-state index is 15.2. The summed E-state index contributed by atoms with van der Waals surface area (Å²) in [4.78, 5) is 38.1. The zero-order valence-corrected chi connectivity index (χ0v) is 21.5. The van der Waals surface area contributed by atoms with E-state index in [1.807, 2.05) is 0 Å². The van der Waals surface area contributed by atoms with Gasteiger partial charge in [-0.05, 0) is 35.9 Å². The zero-order chi connectivity index (χ0) is 27.7. The molecule has 0 aliphatic carbocycles. The van der Waals surface area contributed by atoms with E-state index in [0.717, 1.165) is 17.0 Å². The highest BCUT2D eigenvalue weighted by atomic mass is 35.5. The van der Waals surface area contributed by atoms with Crippen LogP contribution in [0.1, 0.15) is 17.2 Å². The Morgan fingerprint density at radius 3 is 2.77 bits per heavy atom. The maximum Gasteiger partial charge on any atom is 0.350 e. The first kappa shape index (κ1) is 26.4. The number of fused-ring (bicyclic) bond motifs is 1. The Balaban J connectivity index is 1.42. The molecule has 0 saturated heterocycles. The number of aromatic amines is 2. The van der Waals surface area contributed by atoms with Crippen LogP contribution < -0.4 is 10.9 Å². The number of carbonyl (C=O) groups excluding carboxylic acids is 1. The molecule has 4 N–H and O–H groups in total. The van der Waals surface area contributed by atoms with Crippen LogP contribution in [-0.2, 0) is 10.7 Å². The summed E-state index contributed by atoms with van der Waals surface area (Å²) in [6.07, 6.45) is 3.44. The number of amides is 1. The van der Waals surface area contributed by atoms with Crippen LogP contribution in [0.2, 0.25) is 5.02 Å². The molecule has 2 aromatic heterocycles. The number of aromatic nitrogens is 3. The van der Waals surface area contributed by atoms with Crippen molar-refractivity contribution in [1.82, 2.24) is 24.8 Å². The van der Waals surface area contributed by atoms with Crippen LogP contribution in [0.5, 0.6) is 0 Å². The minimum atomic E-state index is -3.77. The second-order valence-corrected chi connectivity index (χ2v) is 9.65. The lowest BCUT2D eigenvalue weighted by atomic mass is 10.1. The van der Waals surface area contributed by atoms with E-state index >= 15 is 8.78 Å². The standard InChI is InChI=1S/C27H25ClF2N6O3/c1-35-9-11-36(12-10-35)26(39)27(29,30)17-5-6-19-21(14-17)34-24(33-19)23-20(7-8-31-25(23)38)32-15-22(37)16-3-2-4-18(28)13-16/h2-9,11,13-14,22,37H,10,12,15H2,1H3,(H,33,34)(H2,31,32,38)/t22-/m0/s1. The van der Waals surface area contributed by atoms with E-state index in [1.54, 1.807) is 48.5 Å². The summed E-state index contributed by atoms with van der Waals surface area (Å²) in [5.41, 5.74) is 0.716. The molecule has 0 fully saturated rings. The van der Waals surface area contributed by atoms with Crippen molar-refractivity contribution in [3.05, 3.63) is 93.6 Å². The number of hydrogen-bond donors (Lipinski definition) is 4. The number of aliphatic hydroxyl groups excluding tert-OH is 1. The van der Waals surface area contributed by atoms with Gasteiger partial charge in [0.15, 0.2) is 0 Å². The molecule has 202 valence electrons. The van der Waals surface area contributed by atoms with Crippen molar-refractivity contribution < 1.29 is 18.7 Å². The SMILES string of the molecule is CN1C=CN(C(=O)C(F)(F)c2ccc3nc(-c4c(NC[C@H](O)c5cccc(Cl)c5)cc[nH]c4=O)[nH]c3c2)CC1. The van der Waals surface area contributed by atoms with E-state index in [2.05, 4.69) is 20.3 Å². The van der Waals surface area contributed by atoms with Crippen molar-refractivity contribution in [3.63, 3.8) is 0 Å². The highest BCUT2D eigenvalue weighted by Crippen LogP contribution is 2.33. The normalized spacial score (nSPS) is 14.6. The van der Waals surface area contributed by atoms with E-state index in [-0.39, 0.29) is 30.0 Å². The van der Waals surface area contributed by atoms with Gasteiger partial charge in [0, 0.05) is 55.9 Å². The lowest BCUT2D eigenvalue weighted by Gasteiger charge is -2.30. The summed E-state index contributed by atoms with van der Waals surface area (Å²) >= 11 is 6.01. The summed E-state index contributed by atoms with van der Waals surface area (Å²) in [5, 5.41) is 14.1. The van der Waals surface area contributed by atoms with Crippen LogP contribution in [0.15, 0.2) is 71.9 Å². The fourth-order valence-electron chi connectivity index (χ4n) is 4.30. The zero-order valence-electron chi connectivity index (χ0n) is 20.8. The number of aliphatic hydroxyl groups is 1. The van der Waals surface area contributed by atoms with Gasteiger partial charge >= 0.3 is 11.8 Å². The van der Waals surface area contributed by atoms with Gasteiger partial charge in [-0.1, -0.05) is 29.8 Å². The predicted molar refractivity (Wildman–Crippen MR) is 144 cm³/mol. The van der Waals surface area contributed by atoms with Crippen LogP contribution in [0.3, 0.4) is 0 Å². The van der Waals surface area contributed by atoms with Gasteiger partial charge in [-0.25, -0.2) is 4.98 Å². The Morgan fingerprint density at radius 1 is 1.21 bits per heavy atom. The van der Waals surface area contributed by atoms with E-state index < -0.39 is 29.1 Å². The van der Waals surface area contributed by atoms with Crippen molar-refractivity contribution in [2.75, 3.05) is 32.0 Å². The molecule has 1 aliphatic rings. The summed E-state index contributed by atoms with van der Waals surface area (Å²) < 4.78 is 30.4. The molecule has 1 aliphatic heterocycles. The van der Waals surface area contributed by atoms with Crippen LogP contribution >= 0.6 is 11.6 Å². The number of halogens is 3. The van der Waals surface area contributed by atoms with Gasteiger partial charge in [0.1, 0.15) is 11.4 Å². The number of anilines is 1. The van der Waals surface area contributed by atoms with Gasteiger partial charge in [-0.15, -0.1) is 0 Å². The number of carbonyl (C=O) groups is 1. The fourth-order valence-corrected chi connectivity index (χ4v) is 4.50. The monoisotopic (exact) mass is 554 g/mol. The molecule has 1 amide bonds. The molecular weight excluding hydrogens is 530 g/mol. The first-order valence-corrected chi connectivity index (χ1v) is 12.5. The Kier molecular flexibility index (Phi) is 7.11. The molecular formula is C27H25ClF2N6O3. The van der Waals surface area contributed by atoms with Gasteiger partial charge < -0.3 is 30.2 Å². The van der Waals surface area contributed by atoms with Crippen LogP contribution in [0, 0.1) is 0 Å². The third-order valence-corrected chi connectivity index (χ3v) is 6.72. The van der Waals surface area contributed by atoms with Gasteiger partial charge in [0.2, 0.25) is 0 Å². The second kappa shape index (κ2) is 10.5. The minimum Gasteiger partial charge on any atom is -0.387 e. The van der Waals surface area contributed by atoms with Crippen LogP contribution in [-0.4, -0.2) is 62.4 Å². The molecule has 0 spiro atoms. The van der Waals surface area contributed by atoms with Crippen LogP contribution in [0.4, 0.5) is 14.5 Å². The smallest absolute Gasteiger partial charge is 0.350 e. The fraction of sp³-hybridized carbons (Fsp3) is 0.222. The Hall–Kier alpha value is -4.22. The van der Waals surface area contributed by atoms with E-state index in [1.165, 1.54) is 18.5 Å². The van der Waals surface area contributed by atoms with Crippen molar-refractivity contribution in [2.24, 2.45) is 0 Å². The average molecular weight is 555 g/mol. The number of pyridine rings is 1. The maximum absolute atomic E-state index is 15.2. The third kappa shape index (κ3) is 5.36. The number of H-pyrrole nitrogens is 2. The molecule has 0 saturated carbocycles. The number of likely N-dealkylation sites (N-methyl/N-ethyl adjacent to an activating group) is 1. The molecule has 0 radical (unpaired) electrons. The molecule has 39 heavy (non-hydrogen) atoms. The van der Waals surface area contributed by atoms with Gasteiger partial charge in [-0.3, -0.25) is 9.59 Å². The highest BCUT2D eigenvalue weighted by Gasteiger charge is 2.44. The Morgan fingerprint density at radius 2 is 2.03 bits per heavy atom. The summed E-state index contributed by atoms with van der Waals surface area (Å²) in [6, 6.07) is 12.1. The molecule has 9 nitrogen and oxygen atoms in total. The largest absolute Gasteiger partial charge is 0.387 e. The topological polar surface area (TPSA) is 117 Å². The summed E-state index contributed by atoms with van der Waals surface area (Å²) in [5.74, 6) is -4.96. The lowest BCUT2D eigenvalue weighted by Crippen LogP contribution is -2.43. The predicted octanol–water partition coefficient (Wildman–Crippen LogP) is 4.05. The molecule has 12 heteroatoms. The summed E-state index contributed by atoms with van der Waals surface area (Å²) in [7, 11) is 1.79. The van der Waals surface area contributed by atoms with Gasteiger partial charge in [0.05, 0.1) is 22.8 Å². The first-order valence-electron chi connectivity index (χ1n) is 12.1. The molecule has 0 bridgehead atoms. The number of alkyl halides is 2. The molecule has 0 unspecified atom stereocenters. The van der Waals surface area contributed by atoms with E-state index in [4.69, 9.17) is 11.6 Å². The molecule has 2 aromatic carbocycles. The number of hydrogen-bond acceptors (Lipinski definition) is 6. The lowest BCUT2D eigenvalue weighted by molar-refractivity contribution is -0.156. The molecule has 4 aromatic rings. The highest BCUT2D eigenvalue weighted by molar-refractivity contribution is 6.30. The Labute approximate surface area is 226 Å². The average Bonchev–Trinajstić information content (AvgIpc) is 3.34. The first-order chi connectivity index (χ1) is 18.6. The van der Waals surface area contributed by atoms with Gasteiger partial charge in [-0.2, -0.15) is 8.78 Å². The molecule has 3 heterocycles. The number of nitrogens with zero attached hydrogens (tertiary/aromatic N) is 3. The molecule has 5 rings (SSSR count). The number of benzene rings is 2. The van der Waals surface area contributed by atoms with Gasteiger partial charge in [0.25, 0.3) is 5.56 Å². The van der Waals surface area contributed by atoms with Crippen molar-refractivity contribution >= 4 is 34.2 Å². The van der Waals surface area contributed by atoms with Crippen LogP contribution in [0.25, 0.3) is 22.4 Å². The van der Waals surface area contributed by atoms with E-state index in [9.17, 15) is 14.7 Å². The van der Waals surface area contributed by atoms with E-state index in [0.29, 0.717) is 28.3 Å². The Bertz CT molecular complexity index is 1620. The number of rotatable bonds is 7. The second-order valence-electron chi connectivity index (χ2n) is 9.22. The number of imidazole rings is 1. The van der Waals surface area contributed by atoms with Crippen molar-refractivity contribution in [2.45, 2.75) is 12.0 Å².